The van der Waals surface area contributed by atoms with Gasteiger partial charge in [0, 0.05) is 39.3 Å². The summed E-state index contributed by atoms with van der Waals surface area (Å²) in [6.07, 6.45) is 2.16. The molecule has 2 fully saturated rings. The molecule has 9 nitrogen and oxygen atoms in total. The molecule has 10 heteroatoms. The number of hydrogen-bond donors (Lipinski definition) is 3. The van der Waals surface area contributed by atoms with Crippen molar-refractivity contribution in [1.29, 1.82) is 0 Å². The number of nitrogens with zero attached hydrogens (tertiary/aromatic N) is 2. The van der Waals surface area contributed by atoms with Crippen LogP contribution in [0.2, 0.25) is 0 Å². The van der Waals surface area contributed by atoms with Gasteiger partial charge < -0.3 is 20.1 Å². The Balaban J connectivity index is 1.82. The van der Waals surface area contributed by atoms with E-state index in [1.165, 1.54) is 23.3 Å². The fourth-order valence-electron chi connectivity index (χ4n) is 3.02. The van der Waals surface area contributed by atoms with E-state index in [-0.39, 0.29) is 18.2 Å². The molecule has 0 radical (unpaired) electrons. The van der Waals surface area contributed by atoms with Crippen LogP contribution in [0.25, 0.3) is 0 Å². The van der Waals surface area contributed by atoms with Crippen molar-refractivity contribution in [2.75, 3.05) is 40.3 Å². The van der Waals surface area contributed by atoms with Gasteiger partial charge in [0.25, 0.3) is 10.2 Å². The van der Waals surface area contributed by atoms with Crippen molar-refractivity contribution in [3.63, 3.8) is 0 Å². The monoisotopic (exact) mass is 364 g/mol. The fourth-order valence-corrected chi connectivity index (χ4v) is 3.89. The highest BCUT2D eigenvalue weighted by Crippen LogP contribution is 2.16. The fraction of sp³-hybridized carbons (Fsp3) is 0.929. The summed E-state index contributed by atoms with van der Waals surface area (Å²) < 4.78 is 33.9. The second kappa shape index (κ2) is 8.43. The summed E-state index contributed by atoms with van der Waals surface area (Å²) in [6, 6.07) is -0.281. The maximum absolute atomic E-state index is 12.0. The third-order valence-electron chi connectivity index (χ3n) is 4.59. The van der Waals surface area contributed by atoms with Crippen LogP contribution in [0.1, 0.15) is 25.7 Å². The summed E-state index contributed by atoms with van der Waals surface area (Å²) >= 11 is 0. The van der Waals surface area contributed by atoms with E-state index in [0.717, 1.165) is 19.4 Å². The van der Waals surface area contributed by atoms with Crippen molar-refractivity contribution < 1.29 is 23.1 Å². The third kappa shape index (κ3) is 5.28. The Morgan fingerprint density at radius 3 is 2.58 bits per heavy atom. The number of nitrogens with one attached hydrogen (secondary N) is 2. The Kier molecular flexibility index (Phi) is 6.81. The molecule has 0 aromatic rings. The molecular weight excluding hydrogens is 336 g/mol. The smallest absolute Gasteiger partial charge is 0.407 e. The van der Waals surface area contributed by atoms with Gasteiger partial charge in [-0.1, -0.05) is 0 Å². The molecule has 2 rings (SSSR count). The first-order valence-electron chi connectivity index (χ1n) is 8.32. The summed E-state index contributed by atoms with van der Waals surface area (Å²) in [5.41, 5.74) is 0. The molecule has 0 spiro atoms. The van der Waals surface area contributed by atoms with Gasteiger partial charge >= 0.3 is 6.09 Å². The van der Waals surface area contributed by atoms with E-state index in [0.29, 0.717) is 32.5 Å². The van der Waals surface area contributed by atoms with Gasteiger partial charge in [-0.15, -0.1) is 0 Å². The largest absolute Gasteiger partial charge is 0.465 e. The molecule has 3 N–H and O–H groups in total. The Labute approximate surface area is 143 Å². The molecule has 2 saturated heterocycles. The van der Waals surface area contributed by atoms with Crippen LogP contribution in [0.4, 0.5) is 4.79 Å². The second-order valence-electron chi connectivity index (χ2n) is 6.52. The van der Waals surface area contributed by atoms with Crippen molar-refractivity contribution in [3.8, 4) is 0 Å². The number of amides is 1. The minimum atomic E-state index is -3.47. The predicted molar refractivity (Wildman–Crippen MR) is 89.1 cm³/mol. The Morgan fingerprint density at radius 1 is 1.33 bits per heavy atom. The van der Waals surface area contributed by atoms with Crippen molar-refractivity contribution in [2.24, 2.45) is 0 Å². The van der Waals surface area contributed by atoms with Crippen LogP contribution in [-0.4, -0.2) is 87.3 Å². The quantitative estimate of drug-likeness (QED) is 0.595. The average molecular weight is 364 g/mol. The first-order valence-corrected chi connectivity index (χ1v) is 9.76. The highest BCUT2D eigenvalue weighted by atomic mass is 32.2. The number of likely N-dealkylation sites (tertiary alicyclic amines) is 1. The zero-order valence-corrected chi connectivity index (χ0v) is 15.1. The van der Waals surface area contributed by atoms with Crippen molar-refractivity contribution in [1.82, 2.24) is 19.2 Å². The second-order valence-corrected chi connectivity index (χ2v) is 8.43. The average Bonchev–Trinajstić information content (AvgIpc) is 2.54. The number of ether oxygens (including phenoxy) is 1. The zero-order chi connectivity index (χ0) is 17.7. The maximum atomic E-state index is 12.0. The molecule has 0 saturated carbocycles. The molecule has 0 unspecified atom stereocenters. The number of carbonyl (C=O) groups is 1. The first-order chi connectivity index (χ1) is 11.3. The summed E-state index contributed by atoms with van der Waals surface area (Å²) in [6.45, 7) is 2.22. The molecule has 2 atom stereocenters. The normalized spacial score (nSPS) is 26.7. The highest BCUT2D eigenvalue weighted by Gasteiger charge is 2.31. The molecule has 2 aliphatic rings. The lowest BCUT2D eigenvalue weighted by Gasteiger charge is -2.35. The summed E-state index contributed by atoms with van der Waals surface area (Å²) in [7, 11) is -0.474. The number of hydrogen-bond acceptors (Lipinski definition) is 5. The first kappa shape index (κ1) is 19.4. The Hall–Kier alpha value is -0.940. The summed E-state index contributed by atoms with van der Waals surface area (Å²) in [5.74, 6) is 0. The van der Waals surface area contributed by atoms with Crippen molar-refractivity contribution >= 4 is 16.3 Å². The van der Waals surface area contributed by atoms with Crippen LogP contribution in [0.3, 0.4) is 0 Å². The van der Waals surface area contributed by atoms with Crippen LogP contribution in [0.15, 0.2) is 0 Å². The lowest BCUT2D eigenvalue weighted by atomic mass is 10.00. The molecule has 2 heterocycles. The minimum absolute atomic E-state index is 0.0235. The molecule has 0 bridgehead atoms. The Morgan fingerprint density at radius 2 is 2.00 bits per heavy atom. The van der Waals surface area contributed by atoms with Gasteiger partial charge in [-0.25, -0.2) is 4.79 Å². The van der Waals surface area contributed by atoms with Gasteiger partial charge in [0.05, 0.1) is 12.7 Å². The van der Waals surface area contributed by atoms with Gasteiger partial charge in [0.1, 0.15) is 0 Å². The maximum Gasteiger partial charge on any atom is 0.407 e. The van der Waals surface area contributed by atoms with E-state index in [2.05, 4.69) is 10.0 Å². The molecule has 0 aromatic carbocycles. The summed E-state index contributed by atoms with van der Waals surface area (Å²) in [4.78, 5) is 12.3. The zero-order valence-electron chi connectivity index (χ0n) is 14.3. The van der Waals surface area contributed by atoms with Gasteiger partial charge in [-0.2, -0.15) is 17.4 Å². The van der Waals surface area contributed by atoms with E-state index in [1.807, 2.05) is 0 Å². The lowest BCUT2D eigenvalue weighted by Crippen LogP contribution is -2.57. The molecule has 1 amide bonds. The van der Waals surface area contributed by atoms with Gasteiger partial charge in [0.15, 0.2) is 0 Å². The standard InChI is InChI=1S/C14H28N4O5S/c1-17(2)24(21,22)16-12-4-3-7-15-13(12)10-23-11-5-8-18(9-6-11)14(19)20/h11-13,15-16H,3-10H2,1-2H3,(H,19,20)/t12-,13-/m0/s1. The number of carboxylic acid groups (broad SMARTS) is 1. The SMILES string of the molecule is CN(C)S(=O)(=O)N[C@H]1CCCN[C@H]1COC1CCN(C(=O)O)CC1. The van der Waals surface area contributed by atoms with Gasteiger partial charge in [-0.05, 0) is 32.2 Å². The van der Waals surface area contributed by atoms with E-state index < -0.39 is 16.3 Å². The molecular formula is C14H28N4O5S. The van der Waals surface area contributed by atoms with Crippen LogP contribution in [0.5, 0.6) is 0 Å². The number of rotatable bonds is 6. The minimum Gasteiger partial charge on any atom is -0.465 e. The molecule has 140 valence electrons. The molecule has 2 aliphatic heterocycles. The van der Waals surface area contributed by atoms with E-state index in [4.69, 9.17) is 9.84 Å². The Bertz CT molecular complexity index is 519. The van der Waals surface area contributed by atoms with Gasteiger partial charge in [0.2, 0.25) is 0 Å². The lowest BCUT2D eigenvalue weighted by molar-refractivity contribution is -0.00573. The molecule has 0 aliphatic carbocycles. The molecule has 24 heavy (non-hydrogen) atoms. The van der Waals surface area contributed by atoms with Gasteiger partial charge in [-0.3, -0.25) is 0 Å². The topological polar surface area (TPSA) is 111 Å². The predicted octanol–water partition coefficient (Wildman–Crippen LogP) is -0.338. The van der Waals surface area contributed by atoms with Crippen LogP contribution in [-0.2, 0) is 14.9 Å². The van der Waals surface area contributed by atoms with Crippen molar-refractivity contribution in [3.05, 3.63) is 0 Å². The van der Waals surface area contributed by atoms with E-state index in [1.54, 1.807) is 0 Å². The highest BCUT2D eigenvalue weighted by molar-refractivity contribution is 7.87. The number of piperidine rings is 2. The van der Waals surface area contributed by atoms with Crippen LogP contribution < -0.4 is 10.0 Å². The molecule has 0 aromatic heterocycles. The van der Waals surface area contributed by atoms with Crippen LogP contribution >= 0.6 is 0 Å². The van der Waals surface area contributed by atoms with Crippen molar-refractivity contribution in [2.45, 2.75) is 43.9 Å². The van der Waals surface area contributed by atoms with E-state index in [9.17, 15) is 13.2 Å². The van der Waals surface area contributed by atoms with Crippen LogP contribution in [0, 0.1) is 0 Å². The summed E-state index contributed by atoms with van der Waals surface area (Å²) in [5, 5.41) is 12.3. The third-order valence-corrected chi connectivity index (χ3v) is 6.15. The van der Waals surface area contributed by atoms with E-state index >= 15 is 0 Å².